The normalized spacial score (nSPS) is 31.6. The van der Waals surface area contributed by atoms with E-state index in [1.165, 1.54) is 44.9 Å². The minimum Gasteiger partial charge on any atom is -0.394 e. The van der Waals surface area contributed by atoms with Crippen molar-refractivity contribution in [3.8, 4) is 0 Å². The van der Waals surface area contributed by atoms with Crippen LogP contribution in [0.5, 0.6) is 0 Å². The van der Waals surface area contributed by atoms with Gasteiger partial charge in [0.25, 0.3) is 0 Å². The minimum absolute atomic E-state index is 0.135. The first-order valence-electron chi connectivity index (χ1n) is 13.0. The molecule has 0 aromatic rings. The summed E-state index contributed by atoms with van der Waals surface area (Å²) in [5, 5.41) is 50.3. The van der Waals surface area contributed by atoms with Crippen molar-refractivity contribution in [2.75, 3.05) is 6.61 Å². The molecule has 1 heterocycles. The number of hydrogen-bond acceptors (Lipinski definition) is 6. The van der Waals surface area contributed by atoms with Gasteiger partial charge in [0.05, 0.1) is 6.61 Å². The maximum atomic E-state index is 10.7. The van der Waals surface area contributed by atoms with Crippen molar-refractivity contribution in [3.63, 3.8) is 0 Å². The molecule has 0 aromatic carbocycles. The molecule has 0 aliphatic carbocycles. The summed E-state index contributed by atoms with van der Waals surface area (Å²) in [6, 6.07) is 0. The summed E-state index contributed by atoms with van der Waals surface area (Å²) in [6.07, 6.45) is 6.35. The van der Waals surface area contributed by atoms with Crippen molar-refractivity contribution in [2.45, 2.75) is 135 Å². The lowest BCUT2D eigenvalue weighted by Gasteiger charge is -2.46. The zero-order chi connectivity index (χ0) is 24.3. The van der Waals surface area contributed by atoms with Gasteiger partial charge in [0, 0.05) is 0 Å². The number of rotatable bonds is 16. The van der Waals surface area contributed by atoms with Crippen molar-refractivity contribution < 1.29 is 30.3 Å². The molecule has 5 N–H and O–H groups in total. The molecule has 1 rings (SSSR count). The van der Waals surface area contributed by atoms with Gasteiger partial charge in [-0.05, 0) is 36.5 Å². The van der Waals surface area contributed by atoms with Crippen molar-refractivity contribution >= 4 is 0 Å². The molecule has 0 spiro atoms. The second-order valence-corrected chi connectivity index (χ2v) is 11.2. The molecule has 0 saturated carbocycles. The molecule has 0 aromatic heterocycles. The number of hydrogen-bond donors (Lipinski definition) is 5. The SMILES string of the molecule is CC(C)CCCC(C)CCCC(C)CCCC(C)CC[C@]1(O)[C@@H](O)O[C@H](CO)[C@@H](O)[C@@H]1O. The highest BCUT2D eigenvalue weighted by atomic mass is 16.6. The lowest BCUT2D eigenvalue weighted by Crippen LogP contribution is -2.66. The molecule has 0 amide bonds. The Kier molecular flexibility index (Phi) is 13.9. The maximum Gasteiger partial charge on any atom is 0.186 e. The van der Waals surface area contributed by atoms with Gasteiger partial charge < -0.3 is 30.3 Å². The Labute approximate surface area is 196 Å². The Morgan fingerprint density at radius 1 is 0.719 bits per heavy atom. The quantitative estimate of drug-likeness (QED) is 0.238. The second-order valence-electron chi connectivity index (χ2n) is 11.2. The van der Waals surface area contributed by atoms with Gasteiger partial charge in [0.15, 0.2) is 6.29 Å². The molecule has 6 nitrogen and oxygen atoms in total. The van der Waals surface area contributed by atoms with E-state index in [9.17, 15) is 25.5 Å². The van der Waals surface area contributed by atoms with Crippen molar-refractivity contribution in [2.24, 2.45) is 23.7 Å². The fourth-order valence-corrected chi connectivity index (χ4v) is 4.85. The van der Waals surface area contributed by atoms with E-state index < -0.39 is 36.8 Å². The Hall–Kier alpha value is -0.240. The highest BCUT2D eigenvalue weighted by molar-refractivity contribution is 5.00. The van der Waals surface area contributed by atoms with Gasteiger partial charge in [-0.1, -0.05) is 92.4 Å². The average Bonchev–Trinajstić information content (AvgIpc) is 2.73. The molecule has 1 aliphatic heterocycles. The number of aliphatic hydroxyl groups is 5. The Balaban J connectivity index is 2.22. The summed E-state index contributed by atoms with van der Waals surface area (Å²) in [5.41, 5.74) is -1.92. The molecule has 1 saturated heterocycles. The van der Waals surface area contributed by atoms with Crippen LogP contribution in [0.2, 0.25) is 0 Å². The zero-order valence-corrected chi connectivity index (χ0v) is 21.2. The highest BCUT2D eigenvalue weighted by Gasteiger charge is 2.53. The van der Waals surface area contributed by atoms with Gasteiger partial charge in [-0.3, -0.25) is 0 Å². The van der Waals surface area contributed by atoms with Gasteiger partial charge in [0.2, 0.25) is 0 Å². The molecule has 1 fully saturated rings. The molecule has 3 unspecified atom stereocenters. The molecule has 192 valence electrons. The topological polar surface area (TPSA) is 110 Å². The van der Waals surface area contributed by atoms with E-state index >= 15 is 0 Å². The second kappa shape index (κ2) is 14.9. The molecule has 8 atom stereocenters. The van der Waals surface area contributed by atoms with Crippen LogP contribution in [0.15, 0.2) is 0 Å². The fourth-order valence-electron chi connectivity index (χ4n) is 4.85. The van der Waals surface area contributed by atoms with Crippen LogP contribution in [0.25, 0.3) is 0 Å². The number of ether oxygens (including phenoxy) is 1. The van der Waals surface area contributed by atoms with Crippen LogP contribution in [0, 0.1) is 23.7 Å². The van der Waals surface area contributed by atoms with Crippen LogP contribution in [-0.2, 0) is 4.74 Å². The van der Waals surface area contributed by atoms with E-state index in [2.05, 4.69) is 34.6 Å². The van der Waals surface area contributed by atoms with Crippen LogP contribution in [0.1, 0.15) is 105 Å². The van der Waals surface area contributed by atoms with Gasteiger partial charge in [-0.2, -0.15) is 0 Å². The summed E-state index contributed by atoms with van der Waals surface area (Å²) in [5.74, 6) is 2.69. The predicted molar refractivity (Wildman–Crippen MR) is 128 cm³/mol. The third-order valence-corrected chi connectivity index (χ3v) is 7.43. The van der Waals surface area contributed by atoms with Gasteiger partial charge >= 0.3 is 0 Å². The highest BCUT2D eigenvalue weighted by Crippen LogP contribution is 2.34. The summed E-state index contributed by atoms with van der Waals surface area (Å²) in [4.78, 5) is 0. The van der Waals surface area contributed by atoms with Crippen LogP contribution in [0.4, 0.5) is 0 Å². The number of aliphatic hydroxyl groups excluding tert-OH is 4. The van der Waals surface area contributed by atoms with Crippen molar-refractivity contribution in [1.29, 1.82) is 0 Å². The van der Waals surface area contributed by atoms with Crippen LogP contribution in [0.3, 0.4) is 0 Å². The minimum atomic E-state index is -1.92. The summed E-state index contributed by atoms with van der Waals surface area (Å²) in [6.45, 7) is 10.9. The Bertz CT molecular complexity index is 487. The first-order chi connectivity index (χ1) is 15.0. The largest absolute Gasteiger partial charge is 0.394 e. The van der Waals surface area contributed by atoms with E-state index in [-0.39, 0.29) is 6.42 Å². The first kappa shape index (κ1) is 29.8. The van der Waals surface area contributed by atoms with Crippen LogP contribution in [-0.4, -0.2) is 62.3 Å². The molecule has 1 aliphatic rings. The van der Waals surface area contributed by atoms with Crippen molar-refractivity contribution in [1.82, 2.24) is 0 Å². The van der Waals surface area contributed by atoms with E-state index in [0.717, 1.165) is 30.6 Å². The maximum absolute atomic E-state index is 10.7. The molecule has 6 heteroatoms. The third kappa shape index (κ3) is 9.94. The van der Waals surface area contributed by atoms with Gasteiger partial charge in [-0.15, -0.1) is 0 Å². The summed E-state index contributed by atoms with van der Waals surface area (Å²) < 4.78 is 5.11. The van der Waals surface area contributed by atoms with E-state index in [1.807, 2.05) is 0 Å². The average molecular weight is 461 g/mol. The van der Waals surface area contributed by atoms with E-state index in [0.29, 0.717) is 12.3 Å². The smallest absolute Gasteiger partial charge is 0.186 e. The third-order valence-electron chi connectivity index (χ3n) is 7.43. The van der Waals surface area contributed by atoms with Crippen LogP contribution < -0.4 is 0 Å². The fraction of sp³-hybridized carbons (Fsp3) is 1.00. The summed E-state index contributed by atoms with van der Waals surface area (Å²) >= 11 is 0. The van der Waals surface area contributed by atoms with Crippen LogP contribution >= 0.6 is 0 Å². The lowest BCUT2D eigenvalue weighted by atomic mass is 9.80. The molecular formula is C26H52O6. The standard InChI is InChI=1S/C26H52O6/c1-18(2)9-6-10-19(3)11-7-12-20(4)13-8-14-21(5)15-16-26(31)24(29)23(28)22(17-27)32-25(26)30/h18-25,27-31H,6-17H2,1-5H3/t19?,20?,21?,22-,23-,24+,25+,26-/m1/s1. The Morgan fingerprint density at radius 2 is 1.16 bits per heavy atom. The van der Waals surface area contributed by atoms with Crippen molar-refractivity contribution in [3.05, 3.63) is 0 Å². The zero-order valence-electron chi connectivity index (χ0n) is 21.2. The molecular weight excluding hydrogens is 408 g/mol. The predicted octanol–water partition coefficient (Wildman–Crippen LogP) is 4.00. The van der Waals surface area contributed by atoms with E-state index in [1.54, 1.807) is 0 Å². The molecule has 0 bridgehead atoms. The monoisotopic (exact) mass is 460 g/mol. The first-order valence-corrected chi connectivity index (χ1v) is 13.0. The lowest BCUT2D eigenvalue weighted by molar-refractivity contribution is -0.331. The summed E-state index contributed by atoms with van der Waals surface area (Å²) in [7, 11) is 0. The molecule has 0 radical (unpaired) electrons. The Morgan fingerprint density at radius 3 is 1.59 bits per heavy atom. The van der Waals surface area contributed by atoms with E-state index in [4.69, 9.17) is 4.74 Å². The molecule has 32 heavy (non-hydrogen) atoms. The van der Waals surface area contributed by atoms with Gasteiger partial charge in [-0.25, -0.2) is 0 Å². The van der Waals surface area contributed by atoms with Gasteiger partial charge in [0.1, 0.15) is 23.9 Å².